The normalized spacial score (nSPS) is 18.4. The van der Waals surface area contributed by atoms with Crippen molar-refractivity contribution in [2.75, 3.05) is 11.4 Å². The number of halogens is 1. The fraction of sp³-hybridized carbons (Fsp3) is 0.400. The van der Waals surface area contributed by atoms with Gasteiger partial charge in [0.2, 0.25) is 17.0 Å². The van der Waals surface area contributed by atoms with E-state index < -0.39 is 10.6 Å². The van der Waals surface area contributed by atoms with Gasteiger partial charge < -0.3 is 0 Å². The van der Waals surface area contributed by atoms with E-state index in [1.807, 2.05) is 0 Å². The van der Waals surface area contributed by atoms with E-state index >= 15 is 0 Å². The lowest BCUT2D eigenvalue weighted by molar-refractivity contribution is -0.384. The summed E-state index contributed by atoms with van der Waals surface area (Å²) in [6.45, 7) is 1.58. The van der Waals surface area contributed by atoms with Crippen LogP contribution >= 0.6 is 23.4 Å². The Morgan fingerprint density at radius 3 is 2.95 bits per heavy atom. The number of hydrogen-bond donors (Lipinski definition) is 0. The number of anilines is 1. The van der Waals surface area contributed by atoms with Crippen molar-refractivity contribution >= 4 is 45.9 Å². The maximum atomic E-state index is 11.9. The molecule has 1 fully saturated rings. The lowest BCUT2D eigenvalue weighted by Gasteiger charge is -2.14. The maximum absolute atomic E-state index is 11.9. The molecule has 8 nitrogen and oxygen atoms in total. The molecule has 1 aliphatic rings. The van der Waals surface area contributed by atoms with Crippen molar-refractivity contribution in [1.82, 2.24) is 9.97 Å². The molecule has 0 bridgehead atoms. The van der Waals surface area contributed by atoms with E-state index in [1.165, 1.54) is 11.8 Å². The zero-order valence-corrected chi connectivity index (χ0v) is 11.8. The van der Waals surface area contributed by atoms with Gasteiger partial charge in [0.25, 0.3) is 0 Å². The van der Waals surface area contributed by atoms with Crippen molar-refractivity contribution < 1.29 is 14.5 Å². The number of rotatable bonds is 3. The van der Waals surface area contributed by atoms with Gasteiger partial charge in [-0.15, -0.1) is 0 Å². The molecule has 0 radical (unpaired) electrons. The number of hydrogen-bond acceptors (Lipinski definition) is 7. The van der Waals surface area contributed by atoms with E-state index in [2.05, 4.69) is 9.97 Å². The van der Waals surface area contributed by atoms with Gasteiger partial charge in [0.05, 0.1) is 4.92 Å². The predicted octanol–water partition coefficient (Wildman–Crippen LogP) is 1.42. The smallest absolute Gasteiger partial charge is 0.290 e. The topological polar surface area (TPSA) is 106 Å². The summed E-state index contributed by atoms with van der Waals surface area (Å²) in [5, 5.41) is 10.4. The third-order valence-electron chi connectivity index (χ3n) is 2.60. The van der Waals surface area contributed by atoms with Crippen molar-refractivity contribution in [3.8, 4) is 0 Å². The summed E-state index contributed by atoms with van der Waals surface area (Å²) in [5.74, 6) is -0.465. The molecule has 2 rings (SSSR count). The standard InChI is InChI=1S/C10H9ClN4O4S/c1-5(16)20-6-2-8(17)14(4-6)9-7(15(18)19)3-12-10(11)13-9/h3,6H,2,4H2,1H3. The van der Waals surface area contributed by atoms with Crippen LogP contribution in [0.5, 0.6) is 0 Å². The Morgan fingerprint density at radius 1 is 1.65 bits per heavy atom. The third-order valence-corrected chi connectivity index (χ3v) is 3.76. The predicted molar refractivity (Wildman–Crippen MR) is 72.7 cm³/mol. The molecule has 1 saturated heterocycles. The van der Waals surface area contributed by atoms with E-state index in [9.17, 15) is 19.7 Å². The quantitative estimate of drug-likeness (QED) is 0.471. The van der Waals surface area contributed by atoms with Gasteiger partial charge in [-0.2, -0.15) is 4.98 Å². The second kappa shape index (κ2) is 5.71. The van der Waals surface area contributed by atoms with Crippen LogP contribution in [0.3, 0.4) is 0 Å². The molecule has 1 aliphatic heterocycles. The molecule has 0 N–H and O–H groups in total. The van der Waals surface area contributed by atoms with Crippen LogP contribution in [0.2, 0.25) is 5.28 Å². The minimum atomic E-state index is -0.676. The minimum Gasteiger partial charge on any atom is -0.290 e. The van der Waals surface area contributed by atoms with Gasteiger partial charge in [-0.05, 0) is 11.6 Å². The molecule has 0 aliphatic carbocycles. The van der Waals surface area contributed by atoms with Crippen LogP contribution in [0.25, 0.3) is 0 Å². The fourth-order valence-electron chi connectivity index (χ4n) is 1.87. The molecule has 0 aromatic carbocycles. The molecule has 1 atom stereocenters. The van der Waals surface area contributed by atoms with Gasteiger partial charge in [0.1, 0.15) is 6.20 Å². The molecule has 1 aromatic heterocycles. The van der Waals surface area contributed by atoms with Crippen LogP contribution in [-0.4, -0.2) is 37.7 Å². The number of aromatic nitrogens is 2. The van der Waals surface area contributed by atoms with E-state index in [1.54, 1.807) is 0 Å². The molecule has 10 heteroatoms. The summed E-state index contributed by atoms with van der Waals surface area (Å²) < 4.78 is 0. The summed E-state index contributed by atoms with van der Waals surface area (Å²) in [7, 11) is 0. The average Bonchev–Trinajstić information content (AvgIpc) is 2.68. The zero-order valence-electron chi connectivity index (χ0n) is 10.3. The van der Waals surface area contributed by atoms with Crippen LogP contribution in [0.4, 0.5) is 11.5 Å². The molecule has 106 valence electrons. The highest BCUT2D eigenvalue weighted by molar-refractivity contribution is 8.14. The SMILES string of the molecule is CC(=O)SC1CC(=O)N(c2nc(Cl)ncc2[N+](=O)[O-])C1. The second-order valence-electron chi connectivity index (χ2n) is 4.04. The van der Waals surface area contributed by atoms with E-state index in [0.29, 0.717) is 0 Å². The summed E-state index contributed by atoms with van der Waals surface area (Å²) in [4.78, 5) is 41.7. The monoisotopic (exact) mass is 316 g/mol. The first-order chi connectivity index (χ1) is 9.38. The van der Waals surface area contributed by atoms with Gasteiger partial charge in [-0.1, -0.05) is 11.8 Å². The maximum Gasteiger partial charge on any atom is 0.330 e. The van der Waals surface area contributed by atoms with Crippen molar-refractivity contribution in [2.24, 2.45) is 0 Å². The molecule has 1 amide bonds. The lowest BCUT2D eigenvalue weighted by Crippen LogP contribution is -2.27. The van der Waals surface area contributed by atoms with Gasteiger partial charge in [-0.3, -0.25) is 24.6 Å². The average molecular weight is 317 g/mol. The first-order valence-corrected chi connectivity index (χ1v) is 6.78. The van der Waals surface area contributed by atoms with Crippen molar-refractivity contribution in [3.63, 3.8) is 0 Å². The molecule has 2 heterocycles. The highest BCUT2D eigenvalue weighted by Gasteiger charge is 2.36. The third kappa shape index (κ3) is 3.05. The first-order valence-electron chi connectivity index (χ1n) is 5.53. The Morgan fingerprint density at radius 2 is 2.35 bits per heavy atom. The van der Waals surface area contributed by atoms with E-state index in [0.717, 1.165) is 18.0 Å². The summed E-state index contributed by atoms with van der Waals surface area (Å²) in [5.41, 5.74) is -0.392. The highest BCUT2D eigenvalue weighted by atomic mass is 35.5. The van der Waals surface area contributed by atoms with Crippen LogP contribution in [-0.2, 0) is 9.59 Å². The molecule has 20 heavy (non-hydrogen) atoms. The number of carbonyl (C=O) groups is 2. The Balaban J connectivity index is 2.32. The minimum absolute atomic E-state index is 0.111. The first kappa shape index (κ1) is 14.7. The van der Waals surface area contributed by atoms with Crippen molar-refractivity contribution in [2.45, 2.75) is 18.6 Å². The van der Waals surface area contributed by atoms with E-state index in [4.69, 9.17) is 11.6 Å². The number of thioether (sulfide) groups is 1. The Hall–Kier alpha value is -1.74. The summed E-state index contributed by atoms with van der Waals surface area (Å²) in [6, 6.07) is 0. The van der Waals surface area contributed by atoms with Gasteiger partial charge in [0, 0.05) is 25.1 Å². The molecular formula is C10H9ClN4O4S. The Bertz CT molecular complexity index is 597. The Kier molecular flexibility index (Phi) is 4.19. The summed E-state index contributed by atoms with van der Waals surface area (Å²) in [6.07, 6.45) is 1.09. The van der Waals surface area contributed by atoms with Crippen LogP contribution in [0.1, 0.15) is 13.3 Å². The van der Waals surface area contributed by atoms with Gasteiger partial charge >= 0.3 is 5.69 Å². The van der Waals surface area contributed by atoms with Gasteiger partial charge in [0.15, 0.2) is 5.12 Å². The summed E-state index contributed by atoms with van der Waals surface area (Å²) >= 11 is 6.66. The Labute approximate surface area is 122 Å². The van der Waals surface area contributed by atoms with Crippen molar-refractivity contribution in [1.29, 1.82) is 0 Å². The van der Waals surface area contributed by atoms with Crippen LogP contribution in [0.15, 0.2) is 6.20 Å². The number of amides is 1. The number of nitro groups is 1. The van der Waals surface area contributed by atoms with Crippen LogP contribution < -0.4 is 4.90 Å². The fourth-order valence-corrected chi connectivity index (χ4v) is 2.91. The number of nitrogens with zero attached hydrogens (tertiary/aromatic N) is 4. The zero-order chi connectivity index (χ0) is 14.9. The molecule has 1 aromatic rings. The molecular weight excluding hydrogens is 308 g/mol. The van der Waals surface area contributed by atoms with Gasteiger partial charge in [-0.25, -0.2) is 4.98 Å². The highest BCUT2D eigenvalue weighted by Crippen LogP contribution is 2.33. The second-order valence-corrected chi connectivity index (χ2v) is 5.86. The molecule has 0 spiro atoms. The number of carbonyl (C=O) groups excluding carboxylic acids is 2. The molecule has 1 unspecified atom stereocenters. The largest absolute Gasteiger partial charge is 0.330 e. The molecule has 0 saturated carbocycles. The van der Waals surface area contributed by atoms with E-state index in [-0.39, 0.29) is 40.3 Å². The van der Waals surface area contributed by atoms with Crippen molar-refractivity contribution in [3.05, 3.63) is 21.6 Å². The van der Waals surface area contributed by atoms with Crippen LogP contribution in [0, 0.1) is 10.1 Å². The lowest BCUT2D eigenvalue weighted by atomic mass is 10.4.